The highest BCUT2D eigenvalue weighted by Crippen LogP contribution is 2.46. The molecular weight excluding hydrogens is 772 g/mol. The lowest BCUT2D eigenvalue weighted by molar-refractivity contribution is -0.346. The highest BCUT2D eigenvalue weighted by molar-refractivity contribution is 6.30. The van der Waals surface area contributed by atoms with Crippen LogP contribution >= 0.6 is 0 Å². The van der Waals surface area contributed by atoms with Gasteiger partial charge in [-0.15, -0.1) is 0 Å². The van der Waals surface area contributed by atoms with Gasteiger partial charge in [0.15, 0.2) is 42.0 Å². The summed E-state index contributed by atoms with van der Waals surface area (Å²) in [6.45, 7) is 8.54. The van der Waals surface area contributed by atoms with E-state index in [1.54, 1.807) is 27.7 Å². The molecule has 3 N–H and O–H groups in total. The number of fused-ring (bicyclic) bond motifs is 4. The lowest BCUT2D eigenvalue weighted by atomic mass is 9.79. The number of carboxylic acids is 1. The fourth-order valence-corrected chi connectivity index (χ4v) is 9.27. The van der Waals surface area contributed by atoms with Crippen molar-refractivity contribution in [2.24, 2.45) is 0 Å². The van der Waals surface area contributed by atoms with Crippen molar-refractivity contribution in [2.45, 2.75) is 165 Å². The third-order valence-electron chi connectivity index (χ3n) is 12.4. The molecule has 6 aliphatic rings. The molecule has 16 nitrogen and oxygen atoms in total. The molecule has 1 aliphatic carbocycles. The molecule has 0 saturated carbocycles. The molecule has 0 spiro atoms. The van der Waals surface area contributed by atoms with Crippen LogP contribution in [0, 0.1) is 0 Å². The Bertz CT molecular complexity index is 2050. The zero-order valence-electron chi connectivity index (χ0n) is 33.5. The zero-order chi connectivity index (χ0) is 42.1. The number of carbonyl (C=O) groups is 5. The number of ketones is 4. The molecule has 0 amide bonds. The lowest BCUT2D eigenvalue weighted by Crippen LogP contribution is -2.60. The van der Waals surface area contributed by atoms with E-state index in [0.29, 0.717) is 25.7 Å². The molecule has 0 bridgehead atoms. The van der Waals surface area contributed by atoms with Crippen molar-refractivity contribution >= 4 is 29.1 Å². The van der Waals surface area contributed by atoms with Gasteiger partial charge in [0, 0.05) is 55.2 Å². The van der Waals surface area contributed by atoms with E-state index in [2.05, 4.69) is 0 Å². The molecule has 16 heteroatoms. The second-order valence-electron chi connectivity index (χ2n) is 16.8. The van der Waals surface area contributed by atoms with Gasteiger partial charge in [0.25, 0.3) is 0 Å². The number of ether oxygens (including phenoxy) is 8. The predicted molar refractivity (Wildman–Crippen MR) is 201 cm³/mol. The summed E-state index contributed by atoms with van der Waals surface area (Å²) in [6, 6.07) is 5.76. The summed E-state index contributed by atoms with van der Waals surface area (Å²) in [5.74, 6) is -3.51. The minimum absolute atomic E-state index is 0.0263. The van der Waals surface area contributed by atoms with Crippen LogP contribution < -0.4 is 0 Å². The van der Waals surface area contributed by atoms with Crippen molar-refractivity contribution in [2.75, 3.05) is 0 Å². The molecule has 5 saturated heterocycles. The van der Waals surface area contributed by atoms with Gasteiger partial charge in [0.2, 0.25) is 0 Å². The van der Waals surface area contributed by atoms with Gasteiger partial charge in [-0.1, -0.05) is 12.1 Å². The number of hydrogen-bond acceptors (Lipinski definition) is 15. The minimum Gasteiger partial charge on any atom is -0.507 e. The molecule has 2 aromatic rings. The number of hydrogen-bond donors (Lipinski definition) is 3. The van der Waals surface area contributed by atoms with Crippen molar-refractivity contribution < 1.29 is 77.2 Å². The monoisotopic (exact) mass is 822 g/mol. The Balaban J connectivity index is 0.974. The zero-order valence-corrected chi connectivity index (χ0v) is 33.5. The third-order valence-corrected chi connectivity index (χ3v) is 12.4. The predicted octanol–water partition coefficient (Wildman–Crippen LogP) is 4.38. The molecule has 5 heterocycles. The van der Waals surface area contributed by atoms with Crippen LogP contribution in [0.1, 0.15) is 129 Å². The van der Waals surface area contributed by atoms with Crippen LogP contribution in [-0.4, -0.2) is 118 Å². The van der Waals surface area contributed by atoms with E-state index in [1.807, 2.05) is 6.92 Å². The van der Waals surface area contributed by atoms with E-state index in [4.69, 9.17) is 37.9 Å². The quantitative estimate of drug-likeness (QED) is 0.273. The average Bonchev–Trinajstić information content (AvgIpc) is 3.16. The molecule has 0 radical (unpaired) electrons. The maximum Gasteiger partial charge on any atom is 0.306 e. The van der Waals surface area contributed by atoms with Gasteiger partial charge in [-0.2, -0.15) is 0 Å². The molecule has 318 valence electrons. The van der Waals surface area contributed by atoms with E-state index in [-0.39, 0.29) is 70.3 Å². The molecule has 0 unspecified atom stereocenters. The van der Waals surface area contributed by atoms with Crippen LogP contribution in [0.3, 0.4) is 0 Å². The Labute approximate surface area is 340 Å². The number of rotatable bonds is 9. The van der Waals surface area contributed by atoms with Crippen molar-refractivity contribution in [3.05, 3.63) is 57.6 Å². The third kappa shape index (κ3) is 7.97. The van der Waals surface area contributed by atoms with Gasteiger partial charge in [-0.3, -0.25) is 24.0 Å². The van der Waals surface area contributed by atoms with Crippen LogP contribution in [0.2, 0.25) is 0 Å². The van der Waals surface area contributed by atoms with E-state index < -0.39 is 109 Å². The number of phenolic OH excluding ortho intramolecular Hbond substituents is 2. The molecule has 5 fully saturated rings. The van der Waals surface area contributed by atoms with Crippen LogP contribution in [0.5, 0.6) is 11.5 Å². The number of aromatic hydroxyl groups is 2. The van der Waals surface area contributed by atoms with E-state index >= 15 is 0 Å². The van der Waals surface area contributed by atoms with Crippen molar-refractivity contribution in [1.82, 2.24) is 0 Å². The standard InChI is InChI=1S/C43H50O16/c1-18-26(44)10-12-33(53-18)56-28-11-13-34(54-20(28)3)59-43(5,17-32(46)47)16-22-6-7-24-35(37(22)48)39(50)25-9-8-23(38(49)36(25)40(24)51)29-15-30-41(21(4)52-29)57-31-14-27(45)19(2)55-42(31)58-30/h6-9,18-21,28-31,33-34,41-42,48-49H,10-17H2,1-5H3,(H,46,47)/t18-,19-,20-,21+,28-,29+,30+,31-,33-,34-,41+,42-,43+/m0/s1. The van der Waals surface area contributed by atoms with Crippen molar-refractivity contribution in [3.63, 3.8) is 0 Å². The number of carboxylic acid groups (broad SMARTS) is 1. The second-order valence-corrected chi connectivity index (χ2v) is 16.8. The van der Waals surface area contributed by atoms with E-state index in [1.165, 1.54) is 24.3 Å². The average molecular weight is 823 g/mol. The van der Waals surface area contributed by atoms with Crippen LogP contribution in [-0.2, 0) is 58.7 Å². The second kappa shape index (κ2) is 16.0. The summed E-state index contributed by atoms with van der Waals surface area (Å²) >= 11 is 0. The summed E-state index contributed by atoms with van der Waals surface area (Å²) in [7, 11) is 0. The SMILES string of the molecule is C[C@@H]1O[C@@H](O[C@H]2CC[C@H](O[C@@](C)(CC(=O)O)Cc3ccc4c(c3O)C(=O)c3ccc([C@H]5C[C@H]6O[C@@H]7O[C@@H](C)C(=O)C[C@@H]7O[C@@H]6[C@@H](C)O5)c(O)c3C4=O)O[C@H]2C)CCC1=O. The van der Waals surface area contributed by atoms with E-state index in [9.17, 15) is 39.3 Å². The summed E-state index contributed by atoms with van der Waals surface area (Å²) < 4.78 is 48.8. The highest BCUT2D eigenvalue weighted by Gasteiger charge is 2.51. The fraction of sp³-hybridized carbons (Fsp3) is 0.605. The molecule has 13 atom stereocenters. The Morgan fingerprint density at radius 2 is 1.46 bits per heavy atom. The number of carbonyl (C=O) groups excluding carboxylic acids is 4. The molecule has 8 rings (SSSR count). The smallest absolute Gasteiger partial charge is 0.306 e. The number of phenols is 2. The molecule has 0 aromatic heterocycles. The van der Waals surface area contributed by atoms with E-state index in [0.717, 1.165) is 0 Å². The van der Waals surface area contributed by atoms with Gasteiger partial charge in [-0.05, 0) is 58.7 Å². The number of aliphatic carboxylic acids is 1. The molecule has 2 aromatic carbocycles. The molecule has 5 aliphatic heterocycles. The Hall–Kier alpha value is -4.13. The Kier molecular flexibility index (Phi) is 11.3. The summed E-state index contributed by atoms with van der Waals surface area (Å²) in [4.78, 5) is 64.4. The summed E-state index contributed by atoms with van der Waals surface area (Å²) in [6.07, 6.45) is -5.47. The molecule has 59 heavy (non-hydrogen) atoms. The number of Topliss-reactive ketones (excluding diaryl/α,β-unsaturated/α-hetero) is 2. The fourth-order valence-electron chi connectivity index (χ4n) is 9.27. The maximum atomic E-state index is 14.1. The van der Waals surface area contributed by atoms with Gasteiger partial charge in [0.1, 0.15) is 35.9 Å². The lowest BCUT2D eigenvalue weighted by Gasteiger charge is -2.49. The normalized spacial score (nSPS) is 35.5. The van der Waals surface area contributed by atoms with Crippen LogP contribution in [0.4, 0.5) is 0 Å². The van der Waals surface area contributed by atoms with Gasteiger partial charge < -0.3 is 53.2 Å². The minimum atomic E-state index is -1.42. The first-order valence-corrected chi connectivity index (χ1v) is 20.3. The van der Waals surface area contributed by atoms with Crippen molar-refractivity contribution in [1.29, 1.82) is 0 Å². The first-order valence-electron chi connectivity index (χ1n) is 20.3. The molecular formula is C43H50O16. The topological polar surface area (TPSA) is 220 Å². The highest BCUT2D eigenvalue weighted by atomic mass is 16.7. The Morgan fingerprint density at radius 1 is 0.763 bits per heavy atom. The van der Waals surface area contributed by atoms with Gasteiger partial charge >= 0.3 is 5.97 Å². The van der Waals surface area contributed by atoms with Gasteiger partial charge in [-0.25, -0.2) is 0 Å². The Morgan fingerprint density at radius 3 is 2.15 bits per heavy atom. The van der Waals surface area contributed by atoms with Crippen molar-refractivity contribution in [3.8, 4) is 11.5 Å². The largest absolute Gasteiger partial charge is 0.507 e. The maximum absolute atomic E-state index is 14.1. The van der Waals surface area contributed by atoms with Crippen LogP contribution in [0.25, 0.3) is 0 Å². The summed E-state index contributed by atoms with van der Waals surface area (Å²) in [5.41, 5.74) is -1.70. The first kappa shape index (κ1) is 41.6. The number of benzene rings is 2. The first-order chi connectivity index (χ1) is 28.0. The van der Waals surface area contributed by atoms with Gasteiger partial charge in [0.05, 0.1) is 53.7 Å². The van der Waals surface area contributed by atoms with Crippen LogP contribution in [0.15, 0.2) is 24.3 Å². The summed E-state index contributed by atoms with van der Waals surface area (Å²) in [5, 5.41) is 33.1.